The molecule has 16 heavy (non-hydrogen) atoms. The summed E-state index contributed by atoms with van der Waals surface area (Å²) in [6.07, 6.45) is 8.82. The van der Waals surface area contributed by atoms with Crippen LogP contribution in [0.3, 0.4) is 0 Å². The molecule has 2 aliphatic rings. The van der Waals surface area contributed by atoms with Gasteiger partial charge in [-0.1, -0.05) is 12.8 Å². The second kappa shape index (κ2) is 4.58. The van der Waals surface area contributed by atoms with Crippen molar-refractivity contribution < 1.29 is 0 Å². The van der Waals surface area contributed by atoms with Crippen LogP contribution in [0, 0.1) is 5.92 Å². The molecular formula is C13H21N3. The molecule has 0 spiro atoms. The normalized spacial score (nSPS) is 22.5. The first kappa shape index (κ1) is 10.3. The molecule has 1 saturated heterocycles. The van der Waals surface area contributed by atoms with Crippen molar-refractivity contribution in [3.05, 3.63) is 18.0 Å². The van der Waals surface area contributed by atoms with Crippen molar-refractivity contribution >= 4 is 0 Å². The summed E-state index contributed by atoms with van der Waals surface area (Å²) in [7, 11) is 0. The highest BCUT2D eigenvalue weighted by molar-refractivity contribution is 5.09. The van der Waals surface area contributed by atoms with Gasteiger partial charge < -0.3 is 5.32 Å². The van der Waals surface area contributed by atoms with E-state index in [1.165, 1.54) is 50.9 Å². The molecule has 2 heterocycles. The fourth-order valence-corrected chi connectivity index (χ4v) is 2.96. The third kappa shape index (κ3) is 2.01. The van der Waals surface area contributed by atoms with E-state index >= 15 is 0 Å². The van der Waals surface area contributed by atoms with Crippen molar-refractivity contribution in [1.82, 2.24) is 15.1 Å². The van der Waals surface area contributed by atoms with Crippen LogP contribution in [0.25, 0.3) is 0 Å². The van der Waals surface area contributed by atoms with Crippen molar-refractivity contribution in [1.29, 1.82) is 0 Å². The molecule has 2 fully saturated rings. The first-order valence-corrected chi connectivity index (χ1v) is 6.66. The highest BCUT2D eigenvalue weighted by Crippen LogP contribution is 2.33. The highest BCUT2D eigenvalue weighted by Gasteiger charge is 2.21. The summed E-state index contributed by atoms with van der Waals surface area (Å²) in [5.74, 6) is 1.68. The molecule has 0 unspecified atom stereocenters. The molecule has 0 radical (unpaired) electrons. The molecule has 3 nitrogen and oxygen atoms in total. The molecule has 0 bridgehead atoms. The zero-order valence-corrected chi connectivity index (χ0v) is 9.86. The lowest BCUT2D eigenvalue weighted by molar-refractivity contribution is 0.304. The molecule has 3 heteroatoms. The van der Waals surface area contributed by atoms with Crippen LogP contribution < -0.4 is 5.32 Å². The smallest absolute Gasteiger partial charge is 0.0492 e. The van der Waals surface area contributed by atoms with E-state index < -0.39 is 0 Å². The summed E-state index contributed by atoms with van der Waals surface area (Å²) in [4.78, 5) is 0. The Morgan fingerprint density at radius 1 is 1.31 bits per heavy atom. The van der Waals surface area contributed by atoms with E-state index in [4.69, 9.17) is 0 Å². The van der Waals surface area contributed by atoms with Gasteiger partial charge in [-0.05, 0) is 44.3 Å². The third-order valence-electron chi connectivity index (χ3n) is 4.14. The second-order valence-electron chi connectivity index (χ2n) is 5.27. The number of aromatic nitrogens is 2. The van der Waals surface area contributed by atoms with Gasteiger partial charge in [0, 0.05) is 24.4 Å². The molecule has 3 rings (SSSR count). The van der Waals surface area contributed by atoms with E-state index in [1.807, 2.05) is 6.20 Å². The van der Waals surface area contributed by atoms with E-state index in [0.29, 0.717) is 0 Å². The van der Waals surface area contributed by atoms with E-state index in [9.17, 15) is 0 Å². The number of hydrogen-bond acceptors (Lipinski definition) is 2. The summed E-state index contributed by atoms with van der Waals surface area (Å²) >= 11 is 0. The predicted molar refractivity (Wildman–Crippen MR) is 64.4 cm³/mol. The summed E-state index contributed by atoms with van der Waals surface area (Å²) in [6.45, 7) is 3.53. The van der Waals surface area contributed by atoms with Gasteiger partial charge >= 0.3 is 0 Å². The highest BCUT2D eigenvalue weighted by atomic mass is 15.3. The summed E-state index contributed by atoms with van der Waals surface area (Å²) in [5, 5.41) is 7.82. The zero-order valence-electron chi connectivity index (χ0n) is 9.86. The van der Waals surface area contributed by atoms with Gasteiger partial charge in [-0.2, -0.15) is 5.10 Å². The number of hydrogen-bond donors (Lipinski definition) is 1. The quantitative estimate of drug-likeness (QED) is 0.841. The van der Waals surface area contributed by atoms with Crippen molar-refractivity contribution in [2.75, 3.05) is 13.1 Å². The van der Waals surface area contributed by atoms with Crippen molar-refractivity contribution in [2.24, 2.45) is 5.92 Å². The number of rotatable bonds is 4. The van der Waals surface area contributed by atoms with Gasteiger partial charge in [0.1, 0.15) is 0 Å². The zero-order chi connectivity index (χ0) is 10.8. The predicted octanol–water partition coefficient (Wildman–Crippen LogP) is 2.15. The first-order chi connectivity index (χ1) is 7.93. The Hall–Kier alpha value is -0.830. The van der Waals surface area contributed by atoms with Crippen LogP contribution in [0.15, 0.2) is 12.3 Å². The Bertz CT molecular complexity index is 335. The number of aryl methyl sites for hydroxylation is 1. The lowest BCUT2D eigenvalue weighted by atomic mass is 9.99. The largest absolute Gasteiger partial charge is 0.316 e. The molecule has 1 saturated carbocycles. The second-order valence-corrected chi connectivity index (χ2v) is 5.27. The van der Waals surface area contributed by atoms with Crippen molar-refractivity contribution in [2.45, 2.75) is 44.6 Å². The Kier molecular flexibility index (Phi) is 2.96. The van der Waals surface area contributed by atoms with Gasteiger partial charge in [0.2, 0.25) is 0 Å². The van der Waals surface area contributed by atoms with Crippen LogP contribution in [0.1, 0.15) is 43.7 Å². The fourth-order valence-electron chi connectivity index (χ4n) is 2.96. The minimum Gasteiger partial charge on any atom is -0.316 e. The van der Waals surface area contributed by atoms with Crippen LogP contribution in [0.5, 0.6) is 0 Å². The van der Waals surface area contributed by atoms with E-state index in [-0.39, 0.29) is 0 Å². The molecule has 1 aliphatic carbocycles. The van der Waals surface area contributed by atoms with Crippen molar-refractivity contribution in [3.63, 3.8) is 0 Å². The van der Waals surface area contributed by atoms with Crippen LogP contribution in [-0.4, -0.2) is 22.9 Å². The average molecular weight is 219 g/mol. The molecule has 1 N–H and O–H groups in total. The molecular weight excluding hydrogens is 198 g/mol. The van der Waals surface area contributed by atoms with Gasteiger partial charge in [0.25, 0.3) is 0 Å². The topological polar surface area (TPSA) is 29.9 Å². The van der Waals surface area contributed by atoms with E-state index in [2.05, 4.69) is 21.2 Å². The Morgan fingerprint density at radius 2 is 2.12 bits per heavy atom. The van der Waals surface area contributed by atoms with Gasteiger partial charge in [-0.3, -0.25) is 4.68 Å². The monoisotopic (exact) mass is 219 g/mol. The molecule has 1 aromatic heterocycles. The third-order valence-corrected chi connectivity index (χ3v) is 4.14. The first-order valence-electron chi connectivity index (χ1n) is 6.66. The SMILES string of the molecule is c1cc(C2CCCC2)n(CCC2CNC2)n1. The molecule has 0 aromatic carbocycles. The maximum atomic E-state index is 4.49. The maximum absolute atomic E-state index is 4.49. The number of nitrogens with zero attached hydrogens (tertiary/aromatic N) is 2. The Morgan fingerprint density at radius 3 is 2.81 bits per heavy atom. The summed E-state index contributed by atoms with van der Waals surface area (Å²) < 4.78 is 2.26. The van der Waals surface area contributed by atoms with Gasteiger partial charge in [0.05, 0.1) is 0 Å². The van der Waals surface area contributed by atoms with Gasteiger partial charge in [-0.25, -0.2) is 0 Å². The van der Waals surface area contributed by atoms with Crippen LogP contribution in [0.4, 0.5) is 0 Å². The number of nitrogens with one attached hydrogen (secondary N) is 1. The van der Waals surface area contributed by atoms with E-state index in [0.717, 1.165) is 18.4 Å². The Labute approximate surface area is 97.2 Å². The molecule has 0 amide bonds. The van der Waals surface area contributed by atoms with E-state index in [1.54, 1.807) is 0 Å². The molecule has 1 aliphatic heterocycles. The lowest BCUT2D eigenvalue weighted by Gasteiger charge is -2.27. The van der Waals surface area contributed by atoms with Gasteiger partial charge in [0.15, 0.2) is 0 Å². The maximum Gasteiger partial charge on any atom is 0.0492 e. The van der Waals surface area contributed by atoms with Crippen LogP contribution >= 0.6 is 0 Å². The fraction of sp³-hybridized carbons (Fsp3) is 0.769. The lowest BCUT2D eigenvalue weighted by Crippen LogP contribution is -2.42. The van der Waals surface area contributed by atoms with Crippen LogP contribution in [0.2, 0.25) is 0 Å². The van der Waals surface area contributed by atoms with Crippen LogP contribution in [-0.2, 0) is 6.54 Å². The molecule has 1 aromatic rings. The average Bonchev–Trinajstić information content (AvgIpc) is 2.83. The van der Waals surface area contributed by atoms with Crippen molar-refractivity contribution in [3.8, 4) is 0 Å². The molecule has 88 valence electrons. The standard InChI is InChI=1S/C13H21N3/c1-2-4-12(3-1)13-5-7-15-16(13)8-6-11-9-14-10-11/h5,7,11-12,14H,1-4,6,8-10H2. The minimum atomic E-state index is 0.794. The Balaban J connectivity index is 1.62. The minimum absolute atomic E-state index is 0.794. The van der Waals surface area contributed by atoms with Gasteiger partial charge in [-0.15, -0.1) is 0 Å². The molecule has 0 atom stereocenters. The summed E-state index contributed by atoms with van der Waals surface area (Å²) in [6, 6.07) is 2.23. The summed E-state index contributed by atoms with van der Waals surface area (Å²) in [5.41, 5.74) is 1.49.